The molecule has 1 fully saturated rings. The van der Waals surface area contributed by atoms with Gasteiger partial charge in [0.15, 0.2) is 0 Å². The molecule has 1 aromatic rings. The predicted molar refractivity (Wildman–Crippen MR) is 80.1 cm³/mol. The second kappa shape index (κ2) is 6.69. The average molecular weight is 266 g/mol. The minimum Gasteiger partial charge on any atom is -0.326 e. The van der Waals surface area contributed by atoms with Crippen molar-refractivity contribution in [1.29, 1.82) is 0 Å². The maximum absolute atomic E-state index is 6.28. The van der Waals surface area contributed by atoms with E-state index in [4.69, 9.17) is 5.73 Å². The molecule has 1 aromatic heterocycles. The number of aryl methyl sites for hydroxylation is 1. The van der Waals surface area contributed by atoms with Gasteiger partial charge in [-0.05, 0) is 56.8 Å². The summed E-state index contributed by atoms with van der Waals surface area (Å²) in [7, 11) is 0. The smallest absolute Gasteiger partial charge is 0.0593 e. The molecule has 2 unspecified atom stereocenters. The van der Waals surface area contributed by atoms with E-state index in [1.807, 2.05) is 11.3 Å². The van der Waals surface area contributed by atoms with Gasteiger partial charge in [-0.15, -0.1) is 11.3 Å². The van der Waals surface area contributed by atoms with Crippen LogP contribution in [0.25, 0.3) is 0 Å². The maximum atomic E-state index is 6.28. The molecule has 1 aliphatic heterocycles. The SMILES string of the molecule is Cc1ccsc1C(C(C)N)N1CCCCCCC1. The van der Waals surface area contributed by atoms with Crippen LogP contribution >= 0.6 is 11.3 Å². The fourth-order valence-electron chi connectivity index (χ4n) is 2.97. The Balaban J connectivity index is 2.15. The van der Waals surface area contributed by atoms with Gasteiger partial charge in [-0.1, -0.05) is 19.3 Å². The molecule has 18 heavy (non-hydrogen) atoms. The summed E-state index contributed by atoms with van der Waals surface area (Å²) >= 11 is 1.87. The fraction of sp³-hybridized carbons (Fsp3) is 0.733. The molecule has 1 aliphatic rings. The van der Waals surface area contributed by atoms with E-state index in [-0.39, 0.29) is 6.04 Å². The van der Waals surface area contributed by atoms with Crippen LogP contribution in [0.2, 0.25) is 0 Å². The summed E-state index contributed by atoms with van der Waals surface area (Å²) in [5.74, 6) is 0. The zero-order valence-corrected chi connectivity index (χ0v) is 12.5. The van der Waals surface area contributed by atoms with Crippen LogP contribution in [0, 0.1) is 6.92 Å². The number of likely N-dealkylation sites (tertiary alicyclic amines) is 1. The number of hydrogen-bond donors (Lipinski definition) is 1. The Kier molecular flexibility index (Phi) is 5.22. The van der Waals surface area contributed by atoms with Crippen molar-refractivity contribution >= 4 is 11.3 Å². The van der Waals surface area contributed by atoms with E-state index >= 15 is 0 Å². The predicted octanol–water partition coefficient (Wildman–Crippen LogP) is 3.71. The van der Waals surface area contributed by atoms with Crippen molar-refractivity contribution in [2.24, 2.45) is 5.73 Å². The Bertz CT molecular complexity index is 351. The Morgan fingerprint density at radius 2 is 1.78 bits per heavy atom. The lowest BCUT2D eigenvalue weighted by Gasteiger charge is -2.35. The van der Waals surface area contributed by atoms with Crippen LogP contribution in [-0.2, 0) is 0 Å². The summed E-state index contributed by atoms with van der Waals surface area (Å²) in [6.45, 7) is 6.79. The number of nitrogens with two attached hydrogens (primary N) is 1. The molecule has 2 rings (SSSR count). The number of thiophene rings is 1. The van der Waals surface area contributed by atoms with Gasteiger partial charge >= 0.3 is 0 Å². The highest BCUT2D eigenvalue weighted by molar-refractivity contribution is 7.10. The second-order valence-corrected chi connectivity index (χ2v) is 6.52. The van der Waals surface area contributed by atoms with Crippen molar-refractivity contribution in [2.45, 2.75) is 58.0 Å². The molecule has 2 atom stereocenters. The lowest BCUT2D eigenvalue weighted by molar-refractivity contribution is 0.163. The third-order valence-corrected chi connectivity index (χ3v) is 5.04. The van der Waals surface area contributed by atoms with Gasteiger partial charge in [0.05, 0.1) is 6.04 Å². The molecule has 3 heteroatoms. The van der Waals surface area contributed by atoms with Gasteiger partial charge in [-0.3, -0.25) is 4.90 Å². The average Bonchev–Trinajstić information content (AvgIpc) is 2.68. The molecular formula is C15H26N2S. The molecule has 102 valence electrons. The Morgan fingerprint density at radius 1 is 1.17 bits per heavy atom. The lowest BCUT2D eigenvalue weighted by atomic mass is 10.0. The van der Waals surface area contributed by atoms with Crippen molar-refractivity contribution in [1.82, 2.24) is 4.90 Å². The highest BCUT2D eigenvalue weighted by Gasteiger charge is 2.26. The van der Waals surface area contributed by atoms with Crippen molar-refractivity contribution in [3.8, 4) is 0 Å². The Hall–Kier alpha value is -0.380. The number of nitrogens with zero attached hydrogens (tertiary/aromatic N) is 1. The van der Waals surface area contributed by atoms with Crippen LogP contribution in [0.15, 0.2) is 11.4 Å². The van der Waals surface area contributed by atoms with Crippen molar-refractivity contribution < 1.29 is 0 Å². The van der Waals surface area contributed by atoms with E-state index in [0.717, 1.165) is 0 Å². The van der Waals surface area contributed by atoms with E-state index in [2.05, 4.69) is 30.2 Å². The monoisotopic (exact) mass is 266 g/mol. The van der Waals surface area contributed by atoms with Crippen LogP contribution in [0.5, 0.6) is 0 Å². The van der Waals surface area contributed by atoms with Crippen molar-refractivity contribution in [2.75, 3.05) is 13.1 Å². The van der Waals surface area contributed by atoms with Gasteiger partial charge in [-0.25, -0.2) is 0 Å². The third-order valence-electron chi connectivity index (χ3n) is 3.95. The van der Waals surface area contributed by atoms with E-state index in [9.17, 15) is 0 Å². The van der Waals surface area contributed by atoms with Gasteiger partial charge in [0.2, 0.25) is 0 Å². The van der Waals surface area contributed by atoms with Gasteiger partial charge in [0.25, 0.3) is 0 Å². The fourth-order valence-corrected chi connectivity index (χ4v) is 4.15. The lowest BCUT2D eigenvalue weighted by Crippen LogP contribution is -2.41. The molecule has 0 aliphatic carbocycles. The van der Waals surface area contributed by atoms with Crippen LogP contribution in [0.3, 0.4) is 0 Å². The third kappa shape index (κ3) is 3.34. The molecule has 0 spiro atoms. The summed E-state index contributed by atoms with van der Waals surface area (Å²) in [4.78, 5) is 4.11. The molecular weight excluding hydrogens is 240 g/mol. The van der Waals surface area contributed by atoms with Crippen LogP contribution in [0.4, 0.5) is 0 Å². The molecule has 0 bridgehead atoms. The maximum Gasteiger partial charge on any atom is 0.0593 e. The summed E-state index contributed by atoms with van der Waals surface area (Å²) in [5.41, 5.74) is 7.69. The first-order valence-corrected chi connectivity index (χ1v) is 8.11. The highest BCUT2D eigenvalue weighted by atomic mass is 32.1. The van der Waals surface area contributed by atoms with Gasteiger partial charge in [0, 0.05) is 10.9 Å². The van der Waals surface area contributed by atoms with Crippen LogP contribution in [-0.4, -0.2) is 24.0 Å². The number of rotatable bonds is 3. The van der Waals surface area contributed by atoms with E-state index in [0.29, 0.717) is 6.04 Å². The molecule has 2 nitrogen and oxygen atoms in total. The van der Waals surface area contributed by atoms with E-state index in [1.54, 1.807) is 0 Å². The molecule has 2 N–H and O–H groups in total. The minimum atomic E-state index is 0.210. The first-order chi connectivity index (χ1) is 8.70. The molecule has 0 amide bonds. The molecule has 1 saturated heterocycles. The summed E-state index contributed by atoms with van der Waals surface area (Å²) < 4.78 is 0. The largest absolute Gasteiger partial charge is 0.326 e. The van der Waals surface area contributed by atoms with Crippen LogP contribution < -0.4 is 5.73 Å². The number of hydrogen-bond acceptors (Lipinski definition) is 3. The van der Waals surface area contributed by atoms with Gasteiger partial charge in [-0.2, -0.15) is 0 Å². The molecule has 0 saturated carbocycles. The topological polar surface area (TPSA) is 29.3 Å². The summed E-state index contributed by atoms with van der Waals surface area (Å²) in [6.07, 6.45) is 6.83. The quantitative estimate of drug-likeness (QED) is 0.903. The standard InChI is InChI=1S/C15H26N2S/c1-12-8-11-18-15(12)14(13(2)16)17-9-6-4-3-5-7-10-17/h8,11,13-14H,3-7,9-10,16H2,1-2H3. The molecule has 0 aromatic carbocycles. The Morgan fingerprint density at radius 3 is 2.28 bits per heavy atom. The van der Waals surface area contributed by atoms with Crippen LogP contribution in [0.1, 0.15) is 55.5 Å². The zero-order chi connectivity index (χ0) is 13.0. The molecule has 0 radical (unpaired) electrons. The van der Waals surface area contributed by atoms with Crippen molar-refractivity contribution in [3.63, 3.8) is 0 Å². The van der Waals surface area contributed by atoms with E-state index < -0.39 is 0 Å². The second-order valence-electron chi connectivity index (χ2n) is 5.58. The molecule has 2 heterocycles. The first-order valence-electron chi connectivity index (χ1n) is 7.24. The summed E-state index contributed by atoms with van der Waals surface area (Å²) in [6, 6.07) is 2.85. The van der Waals surface area contributed by atoms with E-state index in [1.165, 1.54) is 55.6 Å². The Labute approximate surface area is 115 Å². The van der Waals surface area contributed by atoms with Crippen molar-refractivity contribution in [3.05, 3.63) is 21.9 Å². The normalized spacial score (nSPS) is 22.2. The van der Waals surface area contributed by atoms with Gasteiger partial charge < -0.3 is 5.73 Å². The van der Waals surface area contributed by atoms with Gasteiger partial charge in [0.1, 0.15) is 0 Å². The summed E-state index contributed by atoms with van der Waals surface area (Å²) in [5, 5.41) is 2.20. The first kappa shape index (κ1) is 14.0. The highest BCUT2D eigenvalue weighted by Crippen LogP contribution is 2.32. The minimum absolute atomic E-state index is 0.210. The zero-order valence-electron chi connectivity index (χ0n) is 11.7.